The first-order valence-electron chi connectivity index (χ1n) is 10.0. The third kappa shape index (κ3) is 4.82. The Morgan fingerprint density at radius 3 is 2.12 bits per heavy atom. The van der Waals surface area contributed by atoms with E-state index < -0.39 is 17.7 Å². The first-order chi connectivity index (χ1) is 15.6. The van der Waals surface area contributed by atoms with Gasteiger partial charge in [-0.3, -0.25) is 4.79 Å². The van der Waals surface area contributed by atoms with Crippen molar-refractivity contribution in [3.8, 4) is 11.5 Å². The van der Waals surface area contributed by atoms with Gasteiger partial charge in [-0.05, 0) is 94.9 Å². The fourth-order valence-corrected chi connectivity index (χ4v) is 3.77. The second-order valence-electron chi connectivity index (χ2n) is 7.62. The predicted molar refractivity (Wildman–Crippen MR) is 117 cm³/mol. The molecular weight excluding hydrogens is 436 g/mol. The highest BCUT2D eigenvalue weighted by Gasteiger charge is 2.33. The van der Waals surface area contributed by atoms with Gasteiger partial charge in [-0.2, -0.15) is 13.2 Å². The molecule has 4 rings (SSSR count). The Morgan fingerprint density at radius 2 is 1.55 bits per heavy atom. The van der Waals surface area contributed by atoms with Crippen LogP contribution < -0.4 is 4.74 Å². The molecule has 0 unspecified atom stereocenters. The summed E-state index contributed by atoms with van der Waals surface area (Å²) in [5, 5.41) is 9.28. The molecule has 3 aromatic carbocycles. The second-order valence-corrected chi connectivity index (χ2v) is 7.62. The number of aliphatic carboxylic acids is 1. The monoisotopic (exact) mass is 454 g/mol. The van der Waals surface area contributed by atoms with Crippen molar-refractivity contribution >= 4 is 23.2 Å². The van der Waals surface area contributed by atoms with Crippen molar-refractivity contribution in [2.75, 3.05) is 0 Å². The highest BCUT2D eigenvalue weighted by molar-refractivity contribution is 6.07. The number of fused-ring (bicyclic) bond motifs is 1. The van der Waals surface area contributed by atoms with Gasteiger partial charge in [0.1, 0.15) is 17.3 Å². The Morgan fingerprint density at radius 1 is 0.939 bits per heavy atom. The van der Waals surface area contributed by atoms with E-state index in [1.165, 1.54) is 30.3 Å². The van der Waals surface area contributed by atoms with Crippen molar-refractivity contribution < 1.29 is 32.2 Å². The molecule has 0 bridgehead atoms. The van der Waals surface area contributed by atoms with Crippen LogP contribution in [0.3, 0.4) is 0 Å². The smallest absolute Gasteiger partial charge is 0.416 e. The number of carbonyl (C=O) groups is 1. The third-order valence-electron chi connectivity index (χ3n) is 5.39. The maximum Gasteiger partial charge on any atom is 0.416 e. The molecule has 0 aliphatic heterocycles. The van der Waals surface area contributed by atoms with Gasteiger partial charge in [0.2, 0.25) is 0 Å². The van der Waals surface area contributed by atoms with Gasteiger partial charge in [0.05, 0.1) is 12.0 Å². The van der Waals surface area contributed by atoms with Crippen molar-refractivity contribution in [3.05, 3.63) is 100 Å². The van der Waals surface area contributed by atoms with E-state index in [1.807, 2.05) is 0 Å². The number of carboxylic acid groups (broad SMARTS) is 1. The van der Waals surface area contributed by atoms with Gasteiger partial charge >= 0.3 is 12.1 Å². The SMILES string of the molecule is CC1=C(CC(=O)O)c2cc(C(F)(F)F)ccc2/C1=C\c1ccc(Oc2ccc(F)cc2)cc1. The lowest BCUT2D eigenvalue weighted by Gasteiger charge is -2.11. The molecule has 0 spiro atoms. The van der Waals surface area contributed by atoms with E-state index in [1.54, 1.807) is 37.3 Å². The van der Waals surface area contributed by atoms with Crippen LogP contribution in [-0.2, 0) is 11.0 Å². The lowest BCUT2D eigenvalue weighted by molar-refractivity contribution is -0.137. The molecular formula is C26H18F4O3. The molecule has 0 amide bonds. The van der Waals surface area contributed by atoms with Crippen molar-refractivity contribution in [2.24, 2.45) is 0 Å². The van der Waals surface area contributed by atoms with Crippen molar-refractivity contribution in [1.82, 2.24) is 0 Å². The van der Waals surface area contributed by atoms with Gasteiger partial charge in [0, 0.05) is 0 Å². The minimum Gasteiger partial charge on any atom is -0.481 e. The summed E-state index contributed by atoms with van der Waals surface area (Å²) in [5.41, 5.74) is 2.45. The predicted octanol–water partition coefficient (Wildman–Crippen LogP) is 7.44. The van der Waals surface area contributed by atoms with Crippen LogP contribution in [0.25, 0.3) is 17.2 Å². The molecule has 1 aliphatic carbocycles. The van der Waals surface area contributed by atoms with Crippen molar-refractivity contribution in [2.45, 2.75) is 19.5 Å². The van der Waals surface area contributed by atoms with Gasteiger partial charge in [-0.1, -0.05) is 18.2 Å². The molecule has 3 aromatic rings. The summed E-state index contributed by atoms with van der Waals surface area (Å²) in [6, 6.07) is 16.0. The number of carboxylic acids is 1. The van der Waals surface area contributed by atoms with Gasteiger partial charge in [-0.25, -0.2) is 4.39 Å². The number of hydrogen-bond acceptors (Lipinski definition) is 2. The van der Waals surface area contributed by atoms with Crippen LogP contribution in [0.5, 0.6) is 11.5 Å². The number of rotatable bonds is 5. The zero-order valence-electron chi connectivity index (χ0n) is 17.4. The van der Waals surface area contributed by atoms with Crippen molar-refractivity contribution in [3.63, 3.8) is 0 Å². The maximum absolute atomic E-state index is 13.2. The fraction of sp³-hybridized carbons (Fsp3) is 0.115. The van der Waals surface area contributed by atoms with E-state index in [9.17, 15) is 27.5 Å². The molecule has 0 saturated carbocycles. The highest BCUT2D eigenvalue weighted by atomic mass is 19.4. The zero-order chi connectivity index (χ0) is 23.8. The molecule has 0 atom stereocenters. The summed E-state index contributed by atoms with van der Waals surface area (Å²) in [5.74, 6) is -0.473. The Kier molecular flexibility index (Phi) is 5.80. The maximum atomic E-state index is 13.2. The first-order valence-corrected chi connectivity index (χ1v) is 10.0. The molecule has 0 saturated heterocycles. The molecule has 33 heavy (non-hydrogen) atoms. The molecule has 0 radical (unpaired) electrons. The molecule has 3 nitrogen and oxygen atoms in total. The largest absolute Gasteiger partial charge is 0.481 e. The average Bonchev–Trinajstić information content (AvgIpc) is 3.01. The average molecular weight is 454 g/mol. The van der Waals surface area contributed by atoms with Crippen LogP contribution in [-0.4, -0.2) is 11.1 Å². The van der Waals surface area contributed by atoms with Gasteiger partial charge in [-0.15, -0.1) is 0 Å². The van der Waals surface area contributed by atoms with E-state index in [0.717, 1.165) is 17.7 Å². The Labute approximate surface area is 187 Å². The normalized spacial score (nSPS) is 14.5. The highest BCUT2D eigenvalue weighted by Crippen LogP contribution is 2.45. The molecule has 168 valence electrons. The van der Waals surface area contributed by atoms with Gasteiger partial charge < -0.3 is 9.84 Å². The lowest BCUT2D eigenvalue weighted by atomic mass is 9.98. The molecule has 1 N–H and O–H groups in total. The number of benzene rings is 3. The summed E-state index contributed by atoms with van der Waals surface area (Å²) >= 11 is 0. The molecule has 0 fully saturated rings. The minimum atomic E-state index is -4.52. The van der Waals surface area contributed by atoms with Crippen LogP contribution in [0.1, 0.15) is 35.6 Å². The second kappa shape index (κ2) is 8.58. The van der Waals surface area contributed by atoms with E-state index in [2.05, 4.69) is 0 Å². The van der Waals surface area contributed by atoms with Crippen LogP contribution in [0.2, 0.25) is 0 Å². The number of halogens is 4. The van der Waals surface area contributed by atoms with Gasteiger partial charge in [0.15, 0.2) is 0 Å². The molecule has 0 heterocycles. The van der Waals surface area contributed by atoms with Crippen LogP contribution in [0.4, 0.5) is 17.6 Å². The summed E-state index contributed by atoms with van der Waals surface area (Å²) in [4.78, 5) is 11.4. The quantitative estimate of drug-likeness (QED) is 0.408. The van der Waals surface area contributed by atoms with Crippen LogP contribution >= 0.6 is 0 Å². The number of allylic oxidation sites excluding steroid dienone is 2. The Bertz CT molecular complexity index is 1270. The minimum absolute atomic E-state index is 0.284. The topological polar surface area (TPSA) is 46.5 Å². The lowest BCUT2D eigenvalue weighted by Crippen LogP contribution is -2.06. The summed E-state index contributed by atoms with van der Waals surface area (Å²) in [6.45, 7) is 1.71. The van der Waals surface area contributed by atoms with E-state index in [0.29, 0.717) is 33.8 Å². The van der Waals surface area contributed by atoms with Gasteiger partial charge in [0.25, 0.3) is 0 Å². The van der Waals surface area contributed by atoms with E-state index >= 15 is 0 Å². The standard InChI is InChI=1S/C26H18F4O3/c1-15-22(12-16-2-7-19(8-3-16)33-20-9-5-18(27)6-10-20)21-11-4-17(26(28,29)30)13-24(21)23(15)14-25(31)32/h2-13H,14H2,1H3,(H,31,32)/b22-12-. The van der Waals surface area contributed by atoms with E-state index in [-0.39, 0.29) is 17.8 Å². The third-order valence-corrected chi connectivity index (χ3v) is 5.39. The molecule has 1 aliphatic rings. The van der Waals surface area contributed by atoms with Crippen molar-refractivity contribution in [1.29, 1.82) is 0 Å². The molecule has 0 aromatic heterocycles. The Hall–Kier alpha value is -3.87. The number of ether oxygens (including phenoxy) is 1. The zero-order valence-corrected chi connectivity index (χ0v) is 17.4. The summed E-state index contributed by atoms with van der Waals surface area (Å²) < 4.78 is 58.4. The van der Waals surface area contributed by atoms with Crippen LogP contribution in [0.15, 0.2) is 72.3 Å². The Balaban J connectivity index is 1.68. The summed E-state index contributed by atoms with van der Waals surface area (Å²) in [6.07, 6.45) is -3.09. The van der Waals surface area contributed by atoms with Crippen LogP contribution in [0, 0.1) is 5.82 Å². The summed E-state index contributed by atoms with van der Waals surface area (Å²) in [7, 11) is 0. The number of hydrogen-bond donors (Lipinski definition) is 1. The molecule has 7 heteroatoms. The van der Waals surface area contributed by atoms with E-state index in [4.69, 9.17) is 4.74 Å². The fourth-order valence-electron chi connectivity index (χ4n) is 3.77. The first kappa shape index (κ1) is 22.3. The number of alkyl halides is 3.